The van der Waals surface area contributed by atoms with Crippen LogP contribution in [0.4, 0.5) is 0 Å². The van der Waals surface area contributed by atoms with Crippen molar-refractivity contribution in [2.24, 2.45) is 5.92 Å². The normalized spacial score (nSPS) is 18.8. The molecule has 0 unspecified atom stereocenters. The number of benzene rings is 1. The summed E-state index contributed by atoms with van der Waals surface area (Å²) in [5.41, 5.74) is 1.24. The highest BCUT2D eigenvalue weighted by Crippen LogP contribution is 2.22. The standard InChI is InChI=1S/C22H26ClN3O3/c23-19-5-3-17(4-6-19)16-24-11-13-26(14-12-24)21(27)18-7-9-25(10-8-18)22(28)20-2-1-15-29-20/h1-6,15,18H,7-14,16H2. The van der Waals surface area contributed by atoms with Crippen LogP contribution >= 0.6 is 11.6 Å². The Hall–Kier alpha value is -2.31. The van der Waals surface area contributed by atoms with Crippen LogP contribution < -0.4 is 0 Å². The summed E-state index contributed by atoms with van der Waals surface area (Å²) >= 11 is 5.95. The Balaban J connectivity index is 1.23. The summed E-state index contributed by atoms with van der Waals surface area (Å²) < 4.78 is 5.20. The Morgan fingerprint density at radius 3 is 2.24 bits per heavy atom. The number of halogens is 1. The second-order valence-electron chi connectivity index (χ2n) is 7.77. The van der Waals surface area contributed by atoms with Crippen molar-refractivity contribution >= 4 is 23.4 Å². The van der Waals surface area contributed by atoms with Gasteiger partial charge in [0.1, 0.15) is 0 Å². The number of furan rings is 1. The van der Waals surface area contributed by atoms with Crippen molar-refractivity contribution in [1.29, 1.82) is 0 Å². The van der Waals surface area contributed by atoms with Crippen molar-refractivity contribution in [2.45, 2.75) is 19.4 Å². The maximum Gasteiger partial charge on any atom is 0.289 e. The molecule has 2 saturated heterocycles. The SMILES string of the molecule is O=C(c1ccco1)N1CCC(C(=O)N2CCN(Cc3ccc(Cl)cc3)CC2)CC1. The number of rotatable bonds is 4. The summed E-state index contributed by atoms with van der Waals surface area (Å²) in [5, 5.41) is 0.751. The quantitative estimate of drug-likeness (QED) is 0.769. The molecule has 1 aromatic carbocycles. The molecule has 1 aromatic heterocycles. The van der Waals surface area contributed by atoms with Gasteiger partial charge >= 0.3 is 0 Å². The Morgan fingerprint density at radius 2 is 1.62 bits per heavy atom. The van der Waals surface area contributed by atoms with Crippen LogP contribution in [-0.2, 0) is 11.3 Å². The van der Waals surface area contributed by atoms with Gasteiger partial charge in [-0.1, -0.05) is 23.7 Å². The first-order chi connectivity index (χ1) is 14.1. The van der Waals surface area contributed by atoms with E-state index in [1.807, 2.05) is 17.0 Å². The van der Waals surface area contributed by atoms with Crippen LogP contribution in [-0.4, -0.2) is 65.8 Å². The summed E-state index contributed by atoms with van der Waals surface area (Å²) in [4.78, 5) is 31.4. The smallest absolute Gasteiger partial charge is 0.289 e. The lowest BCUT2D eigenvalue weighted by Crippen LogP contribution is -2.51. The summed E-state index contributed by atoms with van der Waals surface area (Å²) in [5.74, 6) is 0.531. The fourth-order valence-electron chi connectivity index (χ4n) is 4.12. The third kappa shape index (κ3) is 4.82. The van der Waals surface area contributed by atoms with E-state index in [9.17, 15) is 9.59 Å². The molecule has 0 atom stereocenters. The molecule has 0 spiro atoms. The maximum absolute atomic E-state index is 12.9. The topological polar surface area (TPSA) is 57.0 Å². The number of likely N-dealkylation sites (tertiary alicyclic amines) is 1. The minimum atomic E-state index is -0.0864. The lowest BCUT2D eigenvalue weighted by molar-refractivity contribution is -0.138. The molecular weight excluding hydrogens is 390 g/mol. The minimum absolute atomic E-state index is 0.0125. The summed E-state index contributed by atoms with van der Waals surface area (Å²) in [7, 11) is 0. The van der Waals surface area contributed by atoms with Crippen LogP contribution in [0.5, 0.6) is 0 Å². The molecule has 6 nitrogen and oxygen atoms in total. The molecule has 3 heterocycles. The highest BCUT2D eigenvalue weighted by molar-refractivity contribution is 6.30. The minimum Gasteiger partial charge on any atom is -0.459 e. The molecule has 2 amide bonds. The molecule has 7 heteroatoms. The van der Waals surface area contributed by atoms with Crippen molar-refractivity contribution in [3.8, 4) is 0 Å². The van der Waals surface area contributed by atoms with Gasteiger partial charge in [0.05, 0.1) is 6.26 Å². The van der Waals surface area contributed by atoms with Crippen molar-refractivity contribution < 1.29 is 14.0 Å². The predicted octanol–water partition coefficient (Wildman–Crippen LogP) is 3.13. The zero-order valence-corrected chi connectivity index (χ0v) is 17.2. The van der Waals surface area contributed by atoms with Crippen molar-refractivity contribution in [3.05, 3.63) is 59.0 Å². The number of piperidine rings is 1. The van der Waals surface area contributed by atoms with E-state index < -0.39 is 0 Å². The van der Waals surface area contributed by atoms with Gasteiger partial charge in [0.15, 0.2) is 5.76 Å². The lowest BCUT2D eigenvalue weighted by atomic mass is 9.94. The first-order valence-corrected chi connectivity index (χ1v) is 10.6. The van der Waals surface area contributed by atoms with Crippen LogP contribution in [0.2, 0.25) is 5.02 Å². The van der Waals surface area contributed by atoms with E-state index in [0.29, 0.717) is 18.8 Å². The third-order valence-electron chi connectivity index (χ3n) is 5.87. The number of piperazine rings is 1. The molecule has 2 aliphatic rings. The van der Waals surface area contributed by atoms with Crippen LogP contribution in [0.15, 0.2) is 47.1 Å². The predicted molar refractivity (Wildman–Crippen MR) is 111 cm³/mol. The van der Waals surface area contributed by atoms with Gasteiger partial charge in [-0.05, 0) is 42.7 Å². The third-order valence-corrected chi connectivity index (χ3v) is 6.12. The summed E-state index contributed by atoms with van der Waals surface area (Å²) in [6.45, 7) is 5.37. The number of amides is 2. The zero-order valence-electron chi connectivity index (χ0n) is 16.4. The number of nitrogens with zero attached hydrogens (tertiary/aromatic N) is 3. The largest absolute Gasteiger partial charge is 0.459 e. The molecule has 2 aromatic rings. The van der Waals surface area contributed by atoms with Crippen LogP contribution in [0, 0.1) is 5.92 Å². The molecule has 0 N–H and O–H groups in total. The Kier molecular flexibility index (Phi) is 6.21. The Bertz CT molecular complexity index is 821. The average molecular weight is 416 g/mol. The van der Waals surface area contributed by atoms with Gasteiger partial charge in [0.2, 0.25) is 5.91 Å². The summed E-state index contributed by atoms with van der Waals surface area (Å²) in [6.07, 6.45) is 2.95. The molecule has 2 fully saturated rings. The maximum atomic E-state index is 12.9. The lowest BCUT2D eigenvalue weighted by Gasteiger charge is -2.38. The van der Waals surface area contributed by atoms with E-state index in [2.05, 4.69) is 17.0 Å². The first-order valence-electron chi connectivity index (χ1n) is 10.2. The fraction of sp³-hybridized carbons (Fsp3) is 0.455. The van der Waals surface area contributed by atoms with E-state index in [-0.39, 0.29) is 17.7 Å². The monoisotopic (exact) mass is 415 g/mol. The van der Waals surface area contributed by atoms with Gasteiger partial charge in [-0.15, -0.1) is 0 Å². The van der Waals surface area contributed by atoms with Crippen molar-refractivity contribution in [2.75, 3.05) is 39.3 Å². The second-order valence-corrected chi connectivity index (χ2v) is 8.21. The van der Waals surface area contributed by atoms with E-state index in [0.717, 1.165) is 50.6 Å². The number of hydrogen-bond acceptors (Lipinski definition) is 4. The van der Waals surface area contributed by atoms with Crippen LogP contribution in [0.25, 0.3) is 0 Å². The highest BCUT2D eigenvalue weighted by Gasteiger charge is 2.32. The first kappa shape index (κ1) is 20.0. The molecule has 29 heavy (non-hydrogen) atoms. The second kappa shape index (κ2) is 9.01. The Labute approximate surface area is 176 Å². The molecule has 0 aliphatic carbocycles. The van der Waals surface area contributed by atoms with E-state index >= 15 is 0 Å². The van der Waals surface area contributed by atoms with Gasteiger partial charge in [0, 0.05) is 56.8 Å². The van der Waals surface area contributed by atoms with Gasteiger partial charge in [-0.2, -0.15) is 0 Å². The fourth-order valence-corrected chi connectivity index (χ4v) is 4.24. The average Bonchev–Trinajstić information content (AvgIpc) is 3.30. The van der Waals surface area contributed by atoms with E-state index in [1.165, 1.54) is 11.8 Å². The van der Waals surface area contributed by atoms with Crippen molar-refractivity contribution in [1.82, 2.24) is 14.7 Å². The van der Waals surface area contributed by atoms with Crippen LogP contribution in [0.3, 0.4) is 0 Å². The van der Waals surface area contributed by atoms with Gasteiger partial charge < -0.3 is 14.2 Å². The number of hydrogen-bond donors (Lipinski definition) is 0. The van der Waals surface area contributed by atoms with Crippen molar-refractivity contribution in [3.63, 3.8) is 0 Å². The highest BCUT2D eigenvalue weighted by atomic mass is 35.5. The van der Waals surface area contributed by atoms with Gasteiger partial charge in [-0.25, -0.2) is 0 Å². The molecule has 0 bridgehead atoms. The zero-order chi connectivity index (χ0) is 20.2. The molecule has 0 saturated carbocycles. The number of carbonyl (C=O) groups excluding carboxylic acids is 2. The number of carbonyl (C=O) groups is 2. The molecule has 2 aliphatic heterocycles. The van der Waals surface area contributed by atoms with Gasteiger partial charge in [-0.3, -0.25) is 14.5 Å². The molecule has 154 valence electrons. The summed E-state index contributed by atoms with van der Waals surface area (Å²) in [6, 6.07) is 11.3. The Morgan fingerprint density at radius 1 is 0.931 bits per heavy atom. The molecule has 0 radical (unpaired) electrons. The molecule has 4 rings (SSSR count). The van der Waals surface area contributed by atoms with Gasteiger partial charge in [0.25, 0.3) is 5.91 Å². The van der Waals surface area contributed by atoms with E-state index in [1.54, 1.807) is 17.0 Å². The van der Waals surface area contributed by atoms with E-state index in [4.69, 9.17) is 16.0 Å². The van der Waals surface area contributed by atoms with Crippen LogP contribution in [0.1, 0.15) is 29.0 Å². The molecular formula is C22H26ClN3O3.